The molecule has 0 bridgehead atoms. The van der Waals surface area contributed by atoms with Gasteiger partial charge in [0.15, 0.2) is 0 Å². The van der Waals surface area contributed by atoms with Crippen molar-refractivity contribution >= 4 is 22.7 Å². The maximum absolute atomic E-state index is 6.37. The highest BCUT2D eigenvalue weighted by molar-refractivity contribution is 7.13. The lowest BCUT2D eigenvalue weighted by Gasteiger charge is -2.20. The van der Waals surface area contributed by atoms with E-state index in [1.807, 2.05) is 10.9 Å². The highest BCUT2D eigenvalue weighted by Crippen LogP contribution is 2.37. The lowest BCUT2D eigenvalue weighted by Crippen LogP contribution is -2.33. The molecule has 2 heterocycles. The zero-order chi connectivity index (χ0) is 11.0. The molecule has 5 heteroatoms. The second-order valence-electron chi connectivity index (χ2n) is 4.27. The fourth-order valence-corrected chi connectivity index (χ4v) is 3.71. The molecule has 3 nitrogen and oxygen atoms in total. The number of nitrogens with two attached hydrogens (primary N) is 1. The van der Waals surface area contributed by atoms with Crippen molar-refractivity contribution in [2.45, 2.75) is 31.2 Å². The van der Waals surface area contributed by atoms with Gasteiger partial charge in [0.25, 0.3) is 0 Å². The Kier molecular flexibility index (Phi) is 2.53. The number of thiazole rings is 2. The van der Waals surface area contributed by atoms with Gasteiger partial charge in [-0.2, -0.15) is 0 Å². The van der Waals surface area contributed by atoms with Crippen molar-refractivity contribution in [3.8, 4) is 10.7 Å². The lowest BCUT2D eigenvalue weighted by molar-refractivity contribution is 0.450. The number of hydrogen-bond donors (Lipinski definition) is 1. The molecule has 16 heavy (non-hydrogen) atoms. The standard InChI is InChI=1S/C11H13N3S2/c12-11(3-1-2-4-11)9-6-16-10(14-9)8-5-15-7-13-8/h5-7H,1-4,12H2. The van der Waals surface area contributed by atoms with Gasteiger partial charge in [0, 0.05) is 10.8 Å². The topological polar surface area (TPSA) is 51.8 Å². The summed E-state index contributed by atoms with van der Waals surface area (Å²) in [5.74, 6) is 0. The maximum Gasteiger partial charge on any atom is 0.143 e. The van der Waals surface area contributed by atoms with Crippen molar-refractivity contribution in [1.82, 2.24) is 9.97 Å². The van der Waals surface area contributed by atoms with Crippen molar-refractivity contribution in [1.29, 1.82) is 0 Å². The molecule has 0 radical (unpaired) electrons. The molecule has 84 valence electrons. The highest BCUT2D eigenvalue weighted by Gasteiger charge is 2.33. The minimum atomic E-state index is -0.176. The molecule has 0 unspecified atom stereocenters. The van der Waals surface area contributed by atoms with E-state index in [0.29, 0.717) is 0 Å². The summed E-state index contributed by atoms with van der Waals surface area (Å²) in [7, 11) is 0. The third-order valence-corrected chi connectivity index (χ3v) is 4.61. The Morgan fingerprint density at radius 3 is 2.75 bits per heavy atom. The summed E-state index contributed by atoms with van der Waals surface area (Å²) < 4.78 is 0. The van der Waals surface area contributed by atoms with E-state index in [9.17, 15) is 0 Å². The van der Waals surface area contributed by atoms with Gasteiger partial charge >= 0.3 is 0 Å². The van der Waals surface area contributed by atoms with E-state index in [1.165, 1.54) is 12.8 Å². The van der Waals surface area contributed by atoms with Gasteiger partial charge in [-0.15, -0.1) is 22.7 Å². The fraction of sp³-hybridized carbons (Fsp3) is 0.455. The van der Waals surface area contributed by atoms with Gasteiger partial charge in [-0.05, 0) is 12.8 Å². The van der Waals surface area contributed by atoms with Gasteiger partial charge in [0.1, 0.15) is 10.7 Å². The fourth-order valence-electron chi connectivity index (χ4n) is 2.20. The highest BCUT2D eigenvalue weighted by atomic mass is 32.1. The van der Waals surface area contributed by atoms with Crippen LogP contribution in [0.5, 0.6) is 0 Å². The average Bonchev–Trinajstić information content (AvgIpc) is 2.98. The molecular weight excluding hydrogens is 238 g/mol. The zero-order valence-electron chi connectivity index (χ0n) is 8.85. The van der Waals surface area contributed by atoms with Crippen LogP contribution in [-0.2, 0) is 5.54 Å². The summed E-state index contributed by atoms with van der Waals surface area (Å²) in [6.45, 7) is 0. The molecule has 0 aromatic carbocycles. The molecule has 0 saturated heterocycles. The van der Waals surface area contributed by atoms with E-state index in [4.69, 9.17) is 5.73 Å². The van der Waals surface area contributed by atoms with Crippen molar-refractivity contribution in [2.24, 2.45) is 5.73 Å². The lowest BCUT2D eigenvalue weighted by atomic mass is 9.96. The maximum atomic E-state index is 6.37. The van der Waals surface area contributed by atoms with Crippen LogP contribution in [0.15, 0.2) is 16.3 Å². The second-order valence-corrected chi connectivity index (χ2v) is 5.85. The van der Waals surface area contributed by atoms with Crippen molar-refractivity contribution < 1.29 is 0 Å². The number of nitrogens with zero attached hydrogens (tertiary/aromatic N) is 2. The molecule has 2 N–H and O–H groups in total. The van der Waals surface area contributed by atoms with Crippen LogP contribution >= 0.6 is 22.7 Å². The number of hydrogen-bond acceptors (Lipinski definition) is 5. The number of aromatic nitrogens is 2. The predicted octanol–water partition coefficient (Wildman–Crippen LogP) is 2.99. The number of rotatable bonds is 2. The van der Waals surface area contributed by atoms with E-state index in [2.05, 4.69) is 15.3 Å². The van der Waals surface area contributed by atoms with Crippen LogP contribution in [0.2, 0.25) is 0 Å². The predicted molar refractivity (Wildman–Crippen MR) is 67.6 cm³/mol. The molecule has 0 amide bonds. The molecule has 1 aliphatic carbocycles. The van der Waals surface area contributed by atoms with Crippen LogP contribution in [0, 0.1) is 0 Å². The van der Waals surface area contributed by atoms with Crippen molar-refractivity contribution in [3.63, 3.8) is 0 Å². The Morgan fingerprint density at radius 1 is 1.25 bits per heavy atom. The van der Waals surface area contributed by atoms with Crippen LogP contribution in [0.1, 0.15) is 31.4 Å². The SMILES string of the molecule is NC1(c2csc(-c3cscn3)n2)CCCC1. The molecule has 0 atom stereocenters. The van der Waals surface area contributed by atoms with Crippen LogP contribution in [-0.4, -0.2) is 9.97 Å². The monoisotopic (exact) mass is 251 g/mol. The summed E-state index contributed by atoms with van der Waals surface area (Å²) in [5, 5.41) is 5.12. The molecule has 1 aliphatic rings. The zero-order valence-corrected chi connectivity index (χ0v) is 10.5. The molecular formula is C11H13N3S2. The third kappa shape index (κ3) is 1.69. The largest absolute Gasteiger partial charge is 0.320 e. The first-order valence-electron chi connectivity index (χ1n) is 5.41. The molecule has 2 aromatic heterocycles. The van der Waals surface area contributed by atoms with Crippen LogP contribution in [0.25, 0.3) is 10.7 Å². The first-order valence-corrected chi connectivity index (χ1v) is 7.24. The van der Waals surface area contributed by atoms with Gasteiger partial charge in [-0.1, -0.05) is 12.8 Å². The molecule has 1 fully saturated rings. The van der Waals surface area contributed by atoms with Crippen molar-refractivity contribution in [3.05, 3.63) is 22.0 Å². The minimum absolute atomic E-state index is 0.176. The van der Waals surface area contributed by atoms with Crippen LogP contribution in [0.3, 0.4) is 0 Å². The van der Waals surface area contributed by atoms with Gasteiger partial charge in [-0.3, -0.25) is 0 Å². The molecule has 3 rings (SSSR count). The van der Waals surface area contributed by atoms with Crippen molar-refractivity contribution in [2.75, 3.05) is 0 Å². The third-order valence-electron chi connectivity index (χ3n) is 3.16. The Morgan fingerprint density at radius 2 is 2.06 bits per heavy atom. The Hall–Kier alpha value is -0.780. The summed E-state index contributed by atoms with van der Waals surface area (Å²) >= 11 is 3.25. The summed E-state index contributed by atoms with van der Waals surface area (Å²) in [6.07, 6.45) is 4.57. The van der Waals surface area contributed by atoms with Gasteiger partial charge in [0.2, 0.25) is 0 Å². The quantitative estimate of drug-likeness (QED) is 0.892. The van der Waals surface area contributed by atoms with Gasteiger partial charge < -0.3 is 5.73 Å². The van der Waals surface area contributed by atoms with E-state index in [0.717, 1.165) is 29.2 Å². The van der Waals surface area contributed by atoms with Gasteiger partial charge in [-0.25, -0.2) is 9.97 Å². The molecule has 0 spiro atoms. The Bertz CT molecular complexity index is 469. The summed E-state index contributed by atoms with van der Waals surface area (Å²) in [6, 6.07) is 0. The summed E-state index contributed by atoms with van der Waals surface area (Å²) in [4.78, 5) is 8.92. The second kappa shape index (κ2) is 3.91. The molecule has 2 aromatic rings. The van der Waals surface area contributed by atoms with E-state index >= 15 is 0 Å². The van der Waals surface area contributed by atoms with E-state index < -0.39 is 0 Å². The first kappa shape index (κ1) is 10.4. The molecule has 0 aliphatic heterocycles. The smallest absolute Gasteiger partial charge is 0.143 e. The first-order chi connectivity index (χ1) is 7.78. The van der Waals surface area contributed by atoms with Crippen LogP contribution < -0.4 is 5.73 Å². The average molecular weight is 251 g/mol. The van der Waals surface area contributed by atoms with Gasteiger partial charge in [0.05, 0.1) is 16.7 Å². The normalized spacial score (nSPS) is 19.1. The molecule has 1 saturated carbocycles. The van der Waals surface area contributed by atoms with E-state index in [1.54, 1.807) is 22.7 Å². The summed E-state index contributed by atoms with van der Waals surface area (Å²) in [5.41, 5.74) is 10.1. The Labute approximate surface area is 102 Å². The Balaban J connectivity index is 1.93. The minimum Gasteiger partial charge on any atom is -0.320 e. The van der Waals surface area contributed by atoms with Crippen LogP contribution in [0.4, 0.5) is 0 Å². The van der Waals surface area contributed by atoms with E-state index in [-0.39, 0.29) is 5.54 Å².